The van der Waals surface area contributed by atoms with E-state index in [1.54, 1.807) is 11.3 Å². The van der Waals surface area contributed by atoms with Gasteiger partial charge in [-0.2, -0.15) is 0 Å². The van der Waals surface area contributed by atoms with Crippen molar-refractivity contribution in [1.29, 1.82) is 0 Å². The maximum absolute atomic E-state index is 4.41. The number of hydrogen-bond donors (Lipinski definition) is 1. The largest absolute Gasteiger partial charge is 0.143 e. The van der Waals surface area contributed by atoms with Gasteiger partial charge in [-0.25, -0.2) is 0 Å². The first-order valence-corrected chi connectivity index (χ1v) is 6.73. The third kappa shape index (κ3) is 1.51. The van der Waals surface area contributed by atoms with Gasteiger partial charge in [0.05, 0.1) is 0 Å². The van der Waals surface area contributed by atoms with E-state index in [0.29, 0.717) is 0 Å². The van der Waals surface area contributed by atoms with E-state index in [1.807, 2.05) is 0 Å². The van der Waals surface area contributed by atoms with E-state index in [4.69, 9.17) is 0 Å². The van der Waals surface area contributed by atoms with Crippen LogP contribution in [0.1, 0.15) is 0 Å². The van der Waals surface area contributed by atoms with Crippen molar-refractivity contribution in [1.82, 2.24) is 0 Å². The molecular formula is C8H4I2S2. The summed E-state index contributed by atoms with van der Waals surface area (Å²) in [5.41, 5.74) is 0. The molecule has 12 heavy (non-hydrogen) atoms. The summed E-state index contributed by atoms with van der Waals surface area (Å²) < 4.78 is 3.92. The van der Waals surface area contributed by atoms with Crippen LogP contribution < -0.4 is 0 Å². The second-order valence-corrected chi connectivity index (χ2v) is 5.99. The van der Waals surface area contributed by atoms with Gasteiger partial charge in [0.25, 0.3) is 0 Å². The minimum absolute atomic E-state index is 1.07. The number of halogens is 2. The molecule has 0 saturated heterocycles. The van der Waals surface area contributed by atoms with Gasteiger partial charge in [0.1, 0.15) is 0 Å². The van der Waals surface area contributed by atoms with Crippen LogP contribution in [0.4, 0.5) is 0 Å². The molecule has 0 fully saturated rings. The van der Waals surface area contributed by atoms with E-state index in [0.717, 1.165) is 4.90 Å². The molecule has 0 spiro atoms. The summed E-state index contributed by atoms with van der Waals surface area (Å²) in [5, 5.41) is 3.46. The molecule has 1 aromatic heterocycles. The van der Waals surface area contributed by atoms with Crippen molar-refractivity contribution in [3.63, 3.8) is 0 Å². The first kappa shape index (κ1) is 9.54. The molecule has 0 nitrogen and oxygen atoms in total. The molecule has 0 amide bonds. The van der Waals surface area contributed by atoms with Gasteiger partial charge in [0, 0.05) is 22.1 Å². The maximum Gasteiger partial charge on any atom is 0.0487 e. The summed E-state index contributed by atoms with van der Waals surface area (Å²) in [6.45, 7) is 0. The van der Waals surface area contributed by atoms with Crippen molar-refractivity contribution in [2.24, 2.45) is 0 Å². The molecule has 1 heterocycles. The Kier molecular flexibility index (Phi) is 2.88. The van der Waals surface area contributed by atoms with Gasteiger partial charge in [-0.3, -0.25) is 0 Å². The molecule has 0 unspecified atom stereocenters. The van der Waals surface area contributed by atoms with Crippen LogP contribution in [-0.4, -0.2) is 0 Å². The second-order valence-electron chi connectivity index (χ2n) is 2.35. The van der Waals surface area contributed by atoms with Crippen LogP contribution in [0.2, 0.25) is 0 Å². The summed E-state index contributed by atoms with van der Waals surface area (Å²) in [4.78, 5) is 1.07. The van der Waals surface area contributed by atoms with E-state index < -0.39 is 0 Å². The van der Waals surface area contributed by atoms with Crippen LogP contribution >= 0.6 is 69.1 Å². The van der Waals surface area contributed by atoms with E-state index in [-0.39, 0.29) is 0 Å². The predicted molar refractivity (Wildman–Crippen MR) is 74.5 cm³/mol. The van der Waals surface area contributed by atoms with Crippen LogP contribution in [0.25, 0.3) is 10.1 Å². The van der Waals surface area contributed by atoms with Crippen LogP contribution in [-0.2, 0) is 0 Å². The minimum Gasteiger partial charge on any atom is -0.143 e. The highest BCUT2D eigenvalue weighted by atomic mass is 127. The predicted octanol–water partition coefficient (Wildman–Crippen LogP) is 4.40. The molecule has 4 heteroatoms. The van der Waals surface area contributed by atoms with Crippen LogP contribution in [0.5, 0.6) is 0 Å². The average Bonchev–Trinajstić information content (AvgIpc) is 2.48. The van der Waals surface area contributed by atoms with E-state index in [9.17, 15) is 0 Å². The summed E-state index contributed by atoms with van der Waals surface area (Å²) in [6.07, 6.45) is 0. The molecule has 0 atom stereocenters. The zero-order chi connectivity index (χ0) is 8.72. The SMILES string of the molecule is Sc1cc(I)c2sccc2c1I. The Hall–Kier alpha value is 0.990. The van der Waals surface area contributed by atoms with Crippen molar-refractivity contribution in [3.05, 3.63) is 24.7 Å². The molecule has 0 N–H and O–H groups in total. The fraction of sp³-hybridized carbons (Fsp3) is 0. The Morgan fingerprint density at radius 1 is 1.33 bits per heavy atom. The Morgan fingerprint density at radius 2 is 2.08 bits per heavy atom. The molecule has 0 aliphatic carbocycles. The second kappa shape index (κ2) is 3.62. The first-order valence-electron chi connectivity index (χ1n) is 3.24. The lowest BCUT2D eigenvalue weighted by molar-refractivity contribution is 1.46. The van der Waals surface area contributed by atoms with E-state index in [2.05, 4.69) is 75.3 Å². The summed E-state index contributed by atoms with van der Waals surface area (Å²) in [5.74, 6) is 0. The molecule has 0 aliphatic rings. The zero-order valence-electron chi connectivity index (χ0n) is 5.84. The highest BCUT2D eigenvalue weighted by Crippen LogP contribution is 2.33. The van der Waals surface area contributed by atoms with Crippen LogP contribution in [0.15, 0.2) is 22.4 Å². The number of rotatable bonds is 0. The average molecular weight is 418 g/mol. The third-order valence-electron chi connectivity index (χ3n) is 1.61. The number of thiophene rings is 1. The Morgan fingerprint density at radius 3 is 2.83 bits per heavy atom. The third-order valence-corrected chi connectivity index (χ3v) is 5.71. The van der Waals surface area contributed by atoms with Crippen molar-refractivity contribution in [3.8, 4) is 0 Å². The van der Waals surface area contributed by atoms with Gasteiger partial charge in [-0.15, -0.1) is 24.0 Å². The minimum atomic E-state index is 1.07. The lowest BCUT2D eigenvalue weighted by Crippen LogP contribution is -1.79. The van der Waals surface area contributed by atoms with Gasteiger partial charge in [0.15, 0.2) is 0 Å². The fourth-order valence-corrected chi connectivity index (χ4v) is 4.13. The van der Waals surface area contributed by atoms with Gasteiger partial charge in [-0.1, -0.05) is 0 Å². The lowest BCUT2D eigenvalue weighted by atomic mass is 10.3. The molecule has 1 aromatic carbocycles. The van der Waals surface area contributed by atoms with Crippen molar-refractivity contribution in [2.75, 3.05) is 0 Å². The van der Waals surface area contributed by atoms with E-state index in [1.165, 1.54) is 17.2 Å². The number of hydrogen-bond acceptors (Lipinski definition) is 2. The molecule has 0 aliphatic heterocycles. The Labute approximate surface area is 107 Å². The topological polar surface area (TPSA) is 0 Å². The van der Waals surface area contributed by atoms with Gasteiger partial charge in [0.2, 0.25) is 0 Å². The molecule has 2 rings (SSSR count). The smallest absolute Gasteiger partial charge is 0.0487 e. The molecule has 0 bridgehead atoms. The normalized spacial score (nSPS) is 10.9. The Bertz CT molecular complexity index is 434. The van der Waals surface area contributed by atoms with Gasteiger partial charge >= 0.3 is 0 Å². The van der Waals surface area contributed by atoms with Crippen LogP contribution in [0.3, 0.4) is 0 Å². The van der Waals surface area contributed by atoms with Crippen molar-refractivity contribution in [2.45, 2.75) is 4.90 Å². The lowest BCUT2D eigenvalue weighted by Gasteiger charge is -2.00. The molecule has 0 saturated carbocycles. The van der Waals surface area contributed by atoms with Crippen molar-refractivity contribution >= 4 is 79.2 Å². The number of fused-ring (bicyclic) bond motifs is 1. The summed E-state index contributed by atoms with van der Waals surface area (Å²) >= 11 is 10.9. The number of benzene rings is 1. The van der Waals surface area contributed by atoms with Crippen molar-refractivity contribution < 1.29 is 0 Å². The molecule has 0 radical (unpaired) electrons. The fourth-order valence-electron chi connectivity index (χ4n) is 1.05. The zero-order valence-corrected chi connectivity index (χ0v) is 11.9. The monoisotopic (exact) mass is 418 g/mol. The Balaban J connectivity index is 2.97. The highest BCUT2D eigenvalue weighted by molar-refractivity contribution is 14.1. The number of thiol groups is 1. The maximum atomic E-state index is 4.41. The van der Waals surface area contributed by atoms with Crippen LogP contribution in [0, 0.1) is 7.14 Å². The quantitative estimate of drug-likeness (QED) is 0.476. The molecule has 62 valence electrons. The molecule has 2 aromatic rings. The summed E-state index contributed by atoms with van der Waals surface area (Å²) in [7, 11) is 0. The molecular weight excluding hydrogens is 414 g/mol. The highest BCUT2D eigenvalue weighted by Gasteiger charge is 2.06. The summed E-state index contributed by atoms with van der Waals surface area (Å²) in [6, 6.07) is 4.27. The van der Waals surface area contributed by atoms with Gasteiger partial charge < -0.3 is 0 Å². The standard InChI is InChI=1S/C8H4I2S2/c9-5-3-6(11)7(10)4-1-2-12-8(4)5/h1-3,11H. The first-order chi connectivity index (χ1) is 5.70. The van der Waals surface area contributed by atoms with Gasteiger partial charge in [-0.05, 0) is 62.7 Å². The van der Waals surface area contributed by atoms with E-state index >= 15 is 0 Å².